The highest BCUT2D eigenvalue weighted by Crippen LogP contribution is 2.57. The van der Waals surface area contributed by atoms with Crippen LogP contribution in [0.5, 0.6) is 0 Å². The van der Waals surface area contributed by atoms with Crippen molar-refractivity contribution in [2.75, 3.05) is 62.6 Å². The molecule has 0 bridgehead atoms. The van der Waals surface area contributed by atoms with Gasteiger partial charge in [0.2, 0.25) is 17.8 Å². The van der Waals surface area contributed by atoms with Crippen LogP contribution in [-0.2, 0) is 96.5 Å². The highest BCUT2D eigenvalue weighted by molar-refractivity contribution is 7.48. The van der Waals surface area contributed by atoms with Gasteiger partial charge in [0.1, 0.15) is 110 Å². The van der Waals surface area contributed by atoms with E-state index in [4.69, 9.17) is 96.6 Å². The number of nitrogen functional groups attached to an aromatic ring is 4. The Kier molecular flexibility index (Phi) is 25.5. The summed E-state index contributed by atoms with van der Waals surface area (Å²) in [4.78, 5) is 173. The minimum Gasteiger partial charge on any atom is -0.394 e. The monoisotopic (exact) mass is 1910 g/mol. The number of aromatic nitrogens is 17. The molecule has 0 aliphatic carbocycles. The molecule has 17 rings (SSSR count). The normalized spacial score (nSPS) is 28.4. The zero-order valence-corrected chi connectivity index (χ0v) is 71.5. The van der Waals surface area contributed by atoms with Gasteiger partial charge >= 0.3 is 50.5 Å². The van der Waals surface area contributed by atoms with Crippen molar-refractivity contribution in [3.8, 4) is 6.07 Å². The summed E-state index contributed by atoms with van der Waals surface area (Å²) in [5, 5.41) is 32.4. The molecule has 0 amide bonds. The number of aryl methyl sites for hydroxylation is 1. The number of phosphoric ester groups is 5. The van der Waals surface area contributed by atoms with Crippen molar-refractivity contribution in [3.63, 3.8) is 0 Å². The van der Waals surface area contributed by atoms with E-state index < -0.39 is 255 Å². The second-order valence-electron chi connectivity index (χ2n) is 30.5. The summed E-state index contributed by atoms with van der Waals surface area (Å²) in [7, 11) is -27.6. The lowest BCUT2D eigenvalue weighted by Gasteiger charge is -2.26. The number of allylic oxidation sites excluding steroid dienone is 1. The van der Waals surface area contributed by atoms with E-state index in [-0.39, 0.29) is 69.6 Å². The number of H-pyrrole nitrogens is 4. The fourth-order valence-electron chi connectivity index (χ4n) is 16.0. The molecule has 0 radical (unpaired) electrons. The summed E-state index contributed by atoms with van der Waals surface area (Å²) in [5.41, 5.74) is 19.3. The van der Waals surface area contributed by atoms with E-state index in [9.17, 15) is 91.5 Å². The van der Waals surface area contributed by atoms with Gasteiger partial charge < -0.3 is 90.6 Å². The largest absolute Gasteiger partial charge is 0.472 e. The van der Waals surface area contributed by atoms with Crippen LogP contribution in [0.2, 0.25) is 0 Å². The molecule has 6 fully saturated rings. The number of nitriles is 1. The topological polar surface area (TPSA) is 788 Å². The van der Waals surface area contributed by atoms with Crippen LogP contribution < -0.4 is 56.6 Å². The first-order valence-electron chi connectivity index (χ1n) is 39.2. The fraction of sp³-hybridized carbons (Fsp3) is 0.449. The number of fused-ring (bicyclic) bond motifs is 6. The van der Waals surface area contributed by atoms with Gasteiger partial charge in [0.05, 0.1) is 81.8 Å². The highest BCUT2D eigenvalue weighted by Gasteiger charge is 2.52. The number of para-hydroxylation sites is 1. The Hall–Kier alpha value is -10.5. The van der Waals surface area contributed by atoms with E-state index in [1.165, 1.54) is 34.5 Å². The molecule has 19 N–H and O–H groups in total. The molecule has 15 heterocycles. The Morgan fingerprint density at radius 3 is 1.30 bits per heavy atom. The van der Waals surface area contributed by atoms with Gasteiger partial charge in [-0.05, 0) is 42.8 Å². The van der Waals surface area contributed by atoms with Crippen LogP contribution in [0.25, 0.3) is 61.4 Å². The SMILES string of the molecule is Cc1cn([C@H]2C[C@H](OP(=O)(O)OC[C@H]3O[C@@H](n4cnc5c(=O)[nH]c(N)nc54)C[C@@H]3O)[C@@H](COP(=O)(O)O[C@H]3C[C@H](n4cnc5c(=O)[nH]c(N)nc54)O[C@@H]3COP(=O)(O)O[C@H]3C[C@H](n4ccc(N)nc4=O)O[C@@H]3COP(=O)(O)O[C@H]3C[C@H](n4cnc5c(=O)[nH]c(N)nc54)O[C@@H]3COP(=O)(O)O[C@H]3C[C@H](n4c5ccccc5c5cc(/C=C/C#N)ccc54)O[C@@H]3CO)O2)c(=O)[nH]c1=O. The van der Waals surface area contributed by atoms with Crippen LogP contribution in [0.3, 0.4) is 0 Å². The highest BCUT2D eigenvalue weighted by atomic mass is 31.2. The summed E-state index contributed by atoms with van der Waals surface area (Å²) in [6.07, 6.45) is -21.0. The zero-order valence-electron chi connectivity index (χ0n) is 67.0. The molecule has 9 aromatic heterocycles. The molecule has 5 unspecified atom stereocenters. The number of phosphoric acid groups is 5. The van der Waals surface area contributed by atoms with Crippen molar-refractivity contribution in [1.82, 2.24) is 82.2 Å². The molecule has 2 aromatic carbocycles. The van der Waals surface area contributed by atoms with Gasteiger partial charge in [-0.3, -0.25) is 107 Å². The van der Waals surface area contributed by atoms with Gasteiger partial charge in [0.25, 0.3) is 22.2 Å². The number of rotatable bonds is 33. The first-order chi connectivity index (χ1) is 61.8. The molecule has 56 nitrogen and oxygen atoms in total. The van der Waals surface area contributed by atoms with Gasteiger partial charge in [0.15, 0.2) is 33.5 Å². The van der Waals surface area contributed by atoms with Gasteiger partial charge in [-0.1, -0.05) is 24.3 Å². The van der Waals surface area contributed by atoms with E-state index >= 15 is 0 Å². The number of nitrogens with one attached hydrogen (secondary N) is 4. The number of aliphatic hydroxyl groups is 2. The first kappa shape index (κ1) is 91.4. The van der Waals surface area contributed by atoms with E-state index in [1.807, 2.05) is 34.9 Å². The van der Waals surface area contributed by atoms with Crippen LogP contribution >= 0.6 is 39.1 Å². The van der Waals surface area contributed by atoms with Gasteiger partial charge in [-0.15, -0.1) is 0 Å². The number of anilines is 4. The van der Waals surface area contributed by atoms with Crippen LogP contribution in [0, 0.1) is 18.3 Å². The molecule has 694 valence electrons. The quantitative estimate of drug-likeness (QED) is 0.0199. The summed E-state index contributed by atoms with van der Waals surface area (Å²) in [6.45, 7) is -4.56. The summed E-state index contributed by atoms with van der Waals surface area (Å²) in [5.74, 6) is -1.27. The minimum atomic E-state index is -5.67. The lowest BCUT2D eigenvalue weighted by Crippen LogP contribution is -2.33. The van der Waals surface area contributed by atoms with Crippen LogP contribution in [0.1, 0.15) is 87.0 Å². The molecule has 0 saturated carbocycles. The number of benzene rings is 2. The van der Waals surface area contributed by atoms with Crippen LogP contribution in [-0.4, -0.2) is 230 Å². The maximum absolute atomic E-state index is 14.5. The van der Waals surface area contributed by atoms with Crippen LogP contribution in [0.4, 0.5) is 23.7 Å². The van der Waals surface area contributed by atoms with Gasteiger partial charge in [-0.25, -0.2) is 47.4 Å². The molecule has 61 heteroatoms. The predicted molar refractivity (Wildman–Crippen MR) is 438 cm³/mol. The third-order valence-electron chi connectivity index (χ3n) is 21.9. The van der Waals surface area contributed by atoms with E-state index in [1.54, 1.807) is 24.3 Å². The maximum atomic E-state index is 14.5. The number of aliphatic hydroxyl groups excluding tert-OH is 2. The molecular formula is C69H79N22O34P5. The van der Waals surface area contributed by atoms with E-state index in [2.05, 4.69) is 54.8 Å². The summed E-state index contributed by atoms with van der Waals surface area (Å²) < 4.78 is 171. The molecule has 130 heavy (non-hydrogen) atoms. The summed E-state index contributed by atoms with van der Waals surface area (Å²) in [6, 6.07) is 15.9. The van der Waals surface area contributed by atoms with Gasteiger partial charge in [-0.2, -0.15) is 25.2 Å². The second kappa shape index (κ2) is 36.2. The van der Waals surface area contributed by atoms with Crippen molar-refractivity contribution >= 4 is 124 Å². The second-order valence-corrected chi connectivity index (χ2v) is 37.5. The van der Waals surface area contributed by atoms with Crippen molar-refractivity contribution in [1.29, 1.82) is 5.26 Å². The van der Waals surface area contributed by atoms with Crippen molar-refractivity contribution in [3.05, 3.63) is 159 Å². The minimum absolute atomic E-state index is 0.00764. The molecule has 6 aliphatic rings. The number of ether oxygens (including phenoxy) is 6. The van der Waals surface area contributed by atoms with Crippen molar-refractivity contribution < 1.29 is 131 Å². The Balaban J connectivity index is 0.582. The maximum Gasteiger partial charge on any atom is 0.472 e. The Labute approximate surface area is 724 Å². The fourth-order valence-corrected chi connectivity index (χ4v) is 20.8. The lowest BCUT2D eigenvalue weighted by atomic mass is 10.1. The molecule has 0 spiro atoms. The molecular weight excluding hydrogens is 1840 g/mol. The third-order valence-corrected chi connectivity index (χ3v) is 27.0. The number of nitrogens with zero attached hydrogens (tertiary/aromatic N) is 14. The first-order valence-corrected chi connectivity index (χ1v) is 46.7. The molecule has 11 aromatic rings. The zero-order chi connectivity index (χ0) is 91.9. The number of hydrogen-bond donors (Lipinski definition) is 15. The lowest BCUT2D eigenvalue weighted by molar-refractivity contribution is -0.0647. The Morgan fingerprint density at radius 2 is 0.862 bits per heavy atom. The number of hydrogen-bond acceptors (Lipinski definition) is 41. The number of aromatic amines is 4. The smallest absolute Gasteiger partial charge is 0.394 e. The standard InChI is InChI=1S/C69H79N22O34P5/c1-30-20-87(69(99)85-61(30)94)51-16-39(123-126(100,101)110-22-43-36(93)14-49(116-43)88-27-75-55-58(88)79-65(72)82-62(55)95)45(118-51)24-113-130(108,109)125-41-18-53(90-29-77-57-60(90)81-67(74)84-64(57)97)120-47(41)26-114-128(104,105)122-38-15-50(86-12-10-48(71)78-68(86)98)117-44(38)23-112-129(106,107)124-40-17-52(89-28-76-56-59(89)80-66(73)83-63(56)96)119-46(40)25-111-127(102,103)121-37-19-54(115-42(37)21-92)91-34-7-3-2-6-32(34)33-13-31(5-4-11-70)8-9-35(33)91/h2-10,12-13,20,27-29,36-47,49-54,92-93H,14-19,21-26H2,1H3,(H,100,101)(H,102,103)(H,104,105)(H,106,107)(H,108,109)(H2,71,78,98)(H,85,94,99)(H3,72,79,82,95)(H3,73,80,83,96)(H3,74,81,84,97)/b5-4+/t36-,37-,38-,39-,40-,41-,42+,43+,44+,45+,46+,47+,49+,50+,51+,52+,53+,54+/m0/s1. The van der Waals surface area contributed by atoms with Gasteiger partial charge in [0, 0.05) is 73.3 Å². The molecule has 6 aliphatic heterocycles. The Morgan fingerprint density at radius 1 is 0.477 bits per heavy atom. The van der Waals surface area contributed by atoms with E-state index in [0.29, 0.717) is 11.0 Å². The van der Waals surface area contributed by atoms with Crippen molar-refractivity contribution in [2.24, 2.45) is 0 Å². The predicted octanol–water partition coefficient (Wildman–Crippen LogP) is 0.764. The third kappa shape index (κ3) is 19.4. The average Bonchev–Trinajstić information content (AvgIpc) is 1.57. The number of imidazole rings is 3. The van der Waals surface area contributed by atoms with Crippen molar-refractivity contribution in [2.45, 2.75) is 156 Å². The molecule has 6 saturated heterocycles. The average molecular weight is 1920 g/mol. The summed E-state index contributed by atoms with van der Waals surface area (Å²) >= 11 is 0. The van der Waals surface area contributed by atoms with Crippen LogP contribution in [0.15, 0.2) is 115 Å². The Bertz CT molecular complexity index is 6930. The van der Waals surface area contributed by atoms with E-state index in [0.717, 1.165) is 55.1 Å². The number of nitrogens with two attached hydrogens (primary N) is 4. The molecule has 23 atom stereocenters.